The first-order valence-corrected chi connectivity index (χ1v) is 6.26. The van der Waals surface area contributed by atoms with Gasteiger partial charge in [0.05, 0.1) is 5.02 Å². The second-order valence-electron chi connectivity index (χ2n) is 3.61. The number of hydrogen-bond acceptors (Lipinski definition) is 2. The number of halogens is 3. The average Bonchev–Trinajstić information content (AvgIpc) is 2.37. The van der Waals surface area contributed by atoms with Crippen LogP contribution in [0.25, 0.3) is 0 Å². The van der Waals surface area contributed by atoms with Crippen molar-refractivity contribution in [1.82, 2.24) is 0 Å². The number of aromatic hydroxyl groups is 1. The Morgan fingerprint density at radius 2 is 1.67 bits per heavy atom. The third kappa shape index (κ3) is 2.83. The van der Waals surface area contributed by atoms with Crippen molar-refractivity contribution in [2.45, 2.75) is 6.61 Å². The molecule has 5 heteroatoms. The van der Waals surface area contributed by atoms with Gasteiger partial charge in [-0.3, -0.25) is 0 Å². The second-order valence-corrected chi connectivity index (χ2v) is 4.77. The third-order valence-electron chi connectivity index (χ3n) is 2.32. The molecule has 0 aromatic heterocycles. The Kier molecular flexibility index (Phi) is 4.23. The van der Waals surface area contributed by atoms with Gasteiger partial charge < -0.3 is 9.84 Å². The van der Waals surface area contributed by atoms with E-state index in [-0.39, 0.29) is 26.6 Å². The maximum absolute atomic E-state index is 9.43. The third-order valence-corrected chi connectivity index (χ3v) is 3.44. The molecule has 2 nitrogen and oxygen atoms in total. The molecule has 0 spiro atoms. The molecule has 0 radical (unpaired) electrons. The molecular weight excluding hydrogens is 294 g/mol. The molecule has 18 heavy (non-hydrogen) atoms. The summed E-state index contributed by atoms with van der Waals surface area (Å²) < 4.78 is 5.53. The number of benzene rings is 2. The maximum Gasteiger partial charge on any atom is 0.158 e. The highest BCUT2D eigenvalue weighted by Crippen LogP contribution is 2.43. The molecule has 0 aliphatic heterocycles. The van der Waals surface area contributed by atoms with Crippen molar-refractivity contribution in [3.8, 4) is 11.5 Å². The SMILES string of the molecule is Oc1cc(Cl)c(OCc2ccccc2)c(Cl)c1Cl. The molecule has 0 saturated heterocycles. The van der Waals surface area contributed by atoms with Crippen LogP contribution in [0.4, 0.5) is 0 Å². The van der Waals surface area contributed by atoms with E-state index in [0.717, 1.165) is 5.56 Å². The lowest BCUT2D eigenvalue weighted by molar-refractivity contribution is 0.306. The van der Waals surface area contributed by atoms with Gasteiger partial charge in [-0.15, -0.1) is 0 Å². The van der Waals surface area contributed by atoms with Gasteiger partial charge in [0.25, 0.3) is 0 Å². The molecule has 2 aromatic carbocycles. The minimum atomic E-state index is -0.168. The highest BCUT2D eigenvalue weighted by Gasteiger charge is 2.15. The molecule has 0 heterocycles. The van der Waals surface area contributed by atoms with E-state index in [0.29, 0.717) is 6.61 Å². The standard InChI is InChI=1S/C13H9Cl3O2/c14-9-6-10(17)11(15)12(16)13(9)18-7-8-4-2-1-3-5-8/h1-6,17H,7H2. The Morgan fingerprint density at radius 1 is 1.00 bits per heavy atom. The zero-order chi connectivity index (χ0) is 13.1. The zero-order valence-electron chi connectivity index (χ0n) is 9.16. The lowest BCUT2D eigenvalue weighted by Crippen LogP contribution is -1.96. The fraction of sp³-hybridized carbons (Fsp3) is 0.0769. The minimum Gasteiger partial charge on any atom is -0.506 e. The number of rotatable bonds is 3. The van der Waals surface area contributed by atoms with Gasteiger partial charge in [0.2, 0.25) is 0 Å². The van der Waals surface area contributed by atoms with E-state index in [2.05, 4.69) is 0 Å². The fourth-order valence-corrected chi connectivity index (χ4v) is 2.12. The zero-order valence-corrected chi connectivity index (χ0v) is 11.4. The molecule has 0 atom stereocenters. The summed E-state index contributed by atoms with van der Waals surface area (Å²) in [6.07, 6.45) is 0. The van der Waals surface area contributed by atoms with E-state index in [4.69, 9.17) is 39.5 Å². The molecule has 0 saturated carbocycles. The minimum absolute atomic E-state index is 0.0316. The van der Waals surface area contributed by atoms with Gasteiger partial charge in [-0.05, 0) is 5.56 Å². The summed E-state index contributed by atoms with van der Waals surface area (Å²) in [5, 5.41) is 9.79. The largest absolute Gasteiger partial charge is 0.506 e. The molecule has 94 valence electrons. The normalized spacial score (nSPS) is 10.4. The van der Waals surface area contributed by atoms with Crippen LogP contribution in [0.2, 0.25) is 15.1 Å². The van der Waals surface area contributed by atoms with Crippen molar-refractivity contribution in [3.63, 3.8) is 0 Å². The van der Waals surface area contributed by atoms with Gasteiger partial charge in [0, 0.05) is 6.07 Å². The smallest absolute Gasteiger partial charge is 0.158 e. The first-order chi connectivity index (χ1) is 8.59. The predicted octanol–water partition coefficient (Wildman–Crippen LogP) is 4.93. The summed E-state index contributed by atoms with van der Waals surface area (Å²) in [5.41, 5.74) is 0.980. The summed E-state index contributed by atoms with van der Waals surface area (Å²) in [5.74, 6) is 0.101. The molecular formula is C13H9Cl3O2. The Labute approximate surface area is 120 Å². The summed E-state index contributed by atoms with van der Waals surface area (Å²) in [6, 6.07) is 10.9. The van der Waals surface area contributed by atoms with Crippen LogP contribution in [-0.4, -0.2) is 5.11 Å². The monoisotopic (exact) mass is 302 g/mol. The first kappa shape index (κ1) is 13.3. The molecule has 1 N–H and O–H groups in total. The quantitative estimate of drug-likeness (QED) is 0.815. The van der Waals surface area contributed by atoms with Crippen LogP contribution < -0.4 is 4.74 Å². The van der Waals surface area contributed by atoms with Crippen LogP contribution in [0.15, 0.2) is 36.4 Å². The van der Waals surface area contributed by atoms with Gasteiger partial charge in [-0.2, -0.15) is 0 Å². The van der Waals surface area contributed by atoms with Gasteiger partial charge >= 0.3 is 0 Å². The molecule has 0 bridgehead atoms. The van der Waals surface area contributed by atoms with Crippen LogP contribution in [-0.2, 0) is 6.61 Å². The highest BCUT2D eigenvalue weighted by atomic mass is 35.5. The lowest BCUT2D eigenvalue weighted by atomic mass is 10.2. The van der Waals surface area contributed by atoms with Crippen molar-refractivity contribution in [1.29, 1.82) is 0 Å². The Balaban J connectivity index is 2.22. The van der Waals surface area contributed by atoms with Crippen LogP contribution >= 0.6 is 34.8 Å². The fourth-order valence-electron chi connectivity index (χ4n) is 1.43. The highest BCUT2D eigenvalue weighted by molar-refractivity contribution is 6.45. The maximum atomic E-state index is 9.43. The van der Waals surface area contributed by atoms with Crippen molar-refractivity contribution < 1.29 is 9.84 Å². The Hall–Kier alpha value is -1.09. The van der Waals surface area contributed by atoms with Crippen molar-refractivity contribution >= 4 is 34.8 Å². The molecule has 0 aliphatic rings. The summed E-state index contributed by atoms with van der Waals surface area (Å²) >= 11 is 17.7. The molecule has 2 aromatic rings. The van der Waals surface area contributed by atoms with Crippen molar-refractivity contribution in [2.75, 3.05) is 0 Å². The first-order valence-electron chi connectivity index (χ1n) is 5.12. The molecule has 0 fully saturated rings. The topological polar surface area (TPSA) is 29.5 Å². The second kappa shape index (κ2) is 5.70. The van der Waals surface area contributed by atoms with Crippen molar-refractivity contribution in [2.24, 2.45) is 0 Å². The van der Waals surface area contributed by atoms with Gasteiger partial charge in [-0.25, -0.2) is 0 Å². The van der Waals surface area contributed by atoms with Crippen LogP contribution in [0.1, 0.15) is 5.56 Å². The average molecular weight is 304 g/mol. The molecule has 0 unspecified atom stereocenters. The Bertz CT molecular complexity index is 556. The van der Waals surface area contributed by atoms with Gasteiger partial charge in [0.1, 0.15) is 22.4 Å². The van der Waals surface area contributed by atoms with Crippen LogP contribution in [0.5, 0.6) is 11.5 Å². The number of phenolic OH excluding ortho intramolecular Hbond substituents is 1. The summed E-state index contributed by atoms with van der Waals surface area (Å²) in [6.45, 7) is 0.321. The predicted molar refractivity (Wildman–Crippen MR) is 73.9 cm³/mol. The van der Waals surface area contributed by atoms with E-state index in [1.54, 1.807) is 0 Å². The van der Waals surface area contributed by atoms with E-state index in [9.17, 15) is 5.11 Å². The molecule has 0 amide bonds. The Morgan fingerprint density at radius 3 is 2.33 bits per heavy atom. The van der Waals surface area contributed by atoms with E-state index in [1.165, 1.54) is 6.07 Å². The molecule has 2 rings (SSSR count). The van der Waals surface area contributed by atoms with Gasteiger partial charge in [0.15, 0.2) is 5.75 Å². The lowest BCUT2D eigenvalue weighted by Gasteiger charge is -2.11. The number of ether oxygens (including phenoxy) is 1. The van der Waals surface area contributed by atoms with E-state index < -0.39 is 0 Å². The number of phenols is 1. The van der Waals surface area contributed by atoms with E-state index >= 15 is 0 Å². The van der Waals surface area contributed by atoms with E-state index in [1.807, 2.05) is 30.3 Å². The van der Waals surface area contributed by atoms with Crippen molar-refractivity contribution in [3.05, 3.63) is 57.0 Å². The van der Waals surface area contributed by atoms with Gasteiger partial charge in [-0.1, -0.05) is 65.1 Å². The molecule has 0 aliphatic carbocycles. The van der Waals surface area contributed by atoms with Crippen LogP contribution in [0, 0.1) is 0 Å². The van der Waals surface area contributed by atoms with Crippen LogP contribution in [0.3, 0.4) is 0 Å². The number of hydrogen-bond donors (Lipinski definition) is 1. The summed E-state index contributed by atoms with van der Waals surface area (Å²) in [7, 11) is 0. The summed E-state index contributed by atoms with van der Waals surface area (Å²) in [4.78, 5) is 0.